The van der Waals surface area contributed by atoms with Crippen LogP contribution < -0.4 is 5.32 Å². The zero-order valence-corrected chi connectivity index (χ0v) is 11.0. The van der Waals surface area contributed by atoms with Gasteiger partial charge in [-0.25, -0.2) is 4.39 Å². The predicted molar refractivity (Wildman–Crippen MR) is 71.3 cm³/mol. The minimum atomic E-state index is -0.351. The Morgan fingerprint density at radius 3 is 2.67 bits per heavy atom. The van der Waals surface area contributed by atoms with E-state index in [1.807, 2.05) is 32.2 Å². The molecule has 0 aliphatic carbocycles. The molecule has 0 radical (unpaired) electrons. The molecule has 0 fully saturated rings. The Morgan fingerprint density at radius 2 is 2.06 bits per heavy atom. The maximum atomic E-state index is 13.2. The highest BCUT2D eigenvalue weighted by Gasteiger charge is 2.16. The number of aryl methyl sites for hydroxylation is 1. The fourth-order valence-electron chi connectivity index (χ4n) is 1.95. The van der Waals surface area contributed by atoms with E-state index < -0.39 is 0 Å². The molecule has 2 nitrogen and oxygen atoms in total. The van der Waals surface area contributed by atoms with E-state index in [2.05, 4.69) is 10.3 Å². The van der Waals surface area contributed by atoms with Gasteiger partial charge in [0.05, 0.1) is 12.2 Å². The highest BCUT2D eigenvalue weighted by Crippen LogP contribution is 2.28. The summed E-state index contributed by atoms with van der Waals surface area (Å²) in [6.45, 7) is 1.98. The fraction of sp³-hybridized carbons (Fsp3) is 0.214. The summed E-state index contributed by atoms with van der Waals surface area (Å²) in [5, 5.41) is 3.80. The van der Waals surface area contributed by atoms with Gasteiger partial charge in [-0.2, -0.15) is 0 Å². The third-order valence-electron chi connectivity index (χ3n) is 2.81. The normalized spacial score (nSPS) is 12.4. The average molecular weight is 265 g/mol. The molecule has 0 saturated heterocycles. The summed E-state index contributed by atoms with van der Waals surface area (Å²) in [4.78, 5) is 3.87. The molecule has 18 heavy (non-hydrogen) atoms. The number of hydrogen-bond donors (Lipinski definition) is 1. The SMILES string of the molecule is CNC(c1cncc(F)c1)c1ccc(C)cc1Cl. The summed E-state index contributed by atoms with van der Waals surface area (Å²) in [5.41, 5.74) is 2.76. The first kappa shape index (κ1) is 13.0. The van der Waals surface area contributed by atoms with Crippen LogP contribution in [0.1, 0.15) is 22.7 Å². The molecule has 1 aromatic carbocycles. The molecule has 1 aromatic heterocycles. The Bertz CT molecular complexity index is 557. The van der Waals surface area contributed by atoms with Gasteiger partial charge in [0.2, 0.25) is 0 Å². The Hall–Kier alpha value is -1.45. The van der Waals surface area contributed by atoms with Crippen LogP contribution in [-0.4, -0.2) is 12.0 Å². The molecule has 1 unspecified atom stereocenters. The fourth-order valence-corrected chi connectivity index (χ4v) is 2.30. The van der Waals surface area contributed by atoms with Gasteiger partial charge in [0.1, 0.15) is 5.82 Å². The molecule has 1 atom stereocenters. The first-order valence-corrected chi connectivity index (χ1v) is 6.03. The van der Waals surface area contributed by atoms with Crippen molar-refractivity contribution < 1.29 is 4.39 Å². The molecule has 1 heterocycles. The van der Waals surface area contributed by atoms with E-state index in [0.29, 0.717) is 5.02 Å². The summed E-state index contributed by atoms with van der Waals surface area (Å²) >= 11 is 6.24. The summed E-state index contributed by atoms with van der Waals surface area (Å²) in [5.74, 6) is -0.351. The monoisotopic (exact) mass is 264 g/mol. The highest BCUT2D eigenvalue weighted by molar-refractivity contribution is 6.31. The lowest BCUT2D eigenvalue weighted by Gasteiger charge is -2.18. The molecule has 2 aromatic rings. The van der Waals surface area contributed by atoms with Crippen LogP contribution in [0.4, 0.5) is 4.39 Å². The van der Waals surface area contributed by atoms with Crippen LogP contribution in [0.5, 0.6) is 0 Å². The van der Waals surface area contributed by atoms with Gasteiger partial charge in [-0.1, -0.05) is 23.7 Å². The number of pyridine rings is 1. The lowest BCUT2D eigenvalue weighted by atomic mass is 9.99. The first-order chi connectivity index (χ1) is 8.61. The smallest absolute Gasteiger partial charge is 0.141 e. The second-order valence-electron chi connectivity index (χ2n) is 4.18. The second-order valence-corrected chi connectivity index (χ2v) is 4.59. The lowest BCUT2D eigenvalue weighted by molar-refractivity contribution is 0.608. The van der Waals surface area contributed by atoms with Crippen LogP contribution in [0.2, 0.25) is 5.02 Å². The zero-order chi connectivity index (χ0) is 13.1. The van der Waals surface area contributed by atoms with Crippen molar-refractivity contribution in [1.82, 2.24) is 10.3 Å². The molecule has 0 amide bonds. The van der Waals surface area contributed by atoms with E-state index in [9.17, 15) is 4.39 Å². The number of nitrogens with one attached hydrogen (secondary N) is 1. The van der Waals surface area contributed by atoms with Crippen molar-refractivity contribution in [2.24, 2.45) is 0 Å². The molecular weight excluding hydrogens is 251 g/mol. The number of aromatic nitrogens is 1. The van der Waals surface area contributed by atoms with Crippen molar-refractivity contribution in [3.05, 3.63) is 64.2 Å². The minimum Gasteiger partial charge on any atom is -0.309 e. The molecular formula is C14H14ClFN2. The first-order valence-electron chi connectivity index (χ1n) is 5.65. The van der Waals surface area contributed by atoms with Crippen molar-refractivity contribution in [2.75, 3.05) is 7.05 Å². The number of hydrogen-bond acceptors (Lipinski definition) is 2. The summed E-state index contributed by atoms with van der Waals surface area (Å²) in [6, 6.07) is 7.13. The van der Waals surface area contributed by atoms with E-state index in [1.165, 1.54) is 12.3 Å². The third-order valence-corrected chi connectivity index (χ3v) is 3.14. The molecule has 94 valence electrons. The van der Waals surface area contributed by atoms with Crippen molar-refractivity contribution >= 4 is 11.6 Å². The van der Waals surface area contributed by atoms with E-state index in [0.717, 1.165) is 16.7 Å². The van der Waals surface area contributed by atoms with Gasteiger partial charge in [0.15, 0.2) is 0 Å². The molecule has 4 heteroatoms. The van der Waals surface area contributed by atoms with Crippen LogP contribution in [0.15, 0.2) is 36.7 Å². The average Bonchev–Trinajstić information content (AvgIpc) is 2.33. The number of nitrogens with zero attached hydrogens (tertiary/aromatic N) is 1. The second kappa shape index (κ2) is 5.46. The van der Waals surface area contributed by atoms with Crippen molar-refractivity contribution in [1.29, 1.82) is 0 Å². The van der Waals surface area contributed by atoms with Gasteiger partial charge in [-0.3, -0.25) is 4.98 Å². The summed E-state index contributed by atoms with van der Waals surface area (Å²) < 4.78 is 13.2. The predicted octanol–water partition coefficient (Wildman–Crippen LogP) is 3.49. The highest BCUT2D eigenvalue weighted by atomic mass is 35.5. The minimum absolute atomic E-state index is 0.165. The van der Waals surface area contributed by atoms with Gasteiger partial charge < -0.3 is 5.32 Å². The molecule has 1 N–H and O–H groups in total. The quantitative estimate of drug-likeness (QED) is 0.918. The van der Waals surface area contributed by atoms with Crippen LogP contribution in [0.3, 0.4) is 0 Å². The molecule has 0 aliphatic heterocycles. The van der Waals surface area contributed by atoms with Crippen LogP contribution in [0, 0.1) is 12.7 Å². The van der Waals surface area contributed by atoms with Gasteiger partial charge in [0.25, 0.3) is 0 Å². The molecule has 0 aliphatic rings. The maximum absolute atomic E-state index is 13.2. The van der Waals surface area contributed by atoms with Crippen molar-refractivity contribution in [2.45, 2.75) is 13.0 Å². The number of benzene rings is 1. The van der Waals surface area contributed by atoms with Gasteiger partial charge in [-0.05, 0) is 42.8 Å². The van der Waals surface area contributed by atoms with E-state index >= 15 is 0 Å². The Morgan fingerprint density at radius 1 is 1.28 bits per heavy atom. The summed E-state index contributed by atoms with van der Waals surface area (Å²) in [6.07, 6.45) is 2.83. The molecule has 0 bridgehead atoms. The van der Waals surface area contributed by atoms with Crippen molar-refractivity contribution in [3.8, 4) is 0 Å². The lowest BCUT2D eigenvalue weighted by Crippen LogP contribution is -2.18. The third kappa shape index (κ3) is 2.68. The van der Waals surface area contributed by atoms with Gasteiger partial charge >= 0.3 is 0 Å². The number of rotatable bonds is 3. The Kier molecular flexibility index (Phi) is 3.94. The molecule has 2 rings (SSSR count). The zero-order valence-electron chi connectivity index (χ0n) is 10.2. The van der Waals surface area contributed by atoms with Crippen molar-refractivity contribution in [3.63, 3.8) is 0 Å². The van der Waals surface area contributed by atoms with E-state index in [4.69, 9.17) is 11.6 Å². The number of halogens is 2. The maximum Gasteiger partial charge on any atom is 0.141 e. The van der Waals surface area contributed by atoms with Gasteiger partial charge in [0, 0.05) is 11.2 Å². The Labute approximate surface area is 111 Å². The van der Waals surface area contributed by atoms with Crippen LogP contribution >= 0.6 is 11.6 Å². The Balaban J connectivity index is 2.45. The standard InChI is InChI=1S/C14H14ClFN2/c1-9-3-4-12(13(15)5-9)14(17-2)10-6-11(16)8-18-7-10/h3-8,14,17H,1-2H3. The van der Waals surface area contributed by atoms with E-state index in [-0.39, 0.29) is 11.9 Å². The topological polar surface area (TPSA) is 24.9 Å². The van der Waals surface area contributed by atoms with Crippen LogP contribution in [-0.2, 0) is 0 Å². The van der Waals surface area contributed by atoms with E-state index in [1.54, 1.807) is 6.20 Å². The van der Waals surface area contributed by atoms with Gasteiger partial charge in [-0.15, -0.1) is 0 Å². The molecule has 0 spiro atoms. The van der Waals surface area contributed by atoms with Crippen LogP contribution in [0.25, 0.3) is 0 Å². The largest absolute Gasteiger partial charge is 0.309 e. The summed E-state index contributed by atoms with van der Waals surface area (Å²) in [7, 11) is 1.81. The molecule has 0 saturated carbocycles.